The van der Waals surface area contributed by atoms with E-state index in [-0.39, 0.29) is 5.92 Å². The minimum absolute atomic E-state index is 0.0245. The standard InChI is InChI=1S/C14H18N2O/c1-10-6-7-16(9-10)14(17)12-8-15-13-5-3-2-4-11(12)13/h2-5,10,12,15H,6-9H2,1H3. The second kappa shape index (κ2) is 4.06. The van der Waals surface area contributed by atoms with Gasteiger partial charge >= 0.3 is 0 Å². The van der Waals surface area contributed by atoms with Crippen molar-refractivity contribution in [2.24, 2.45) is 5.92 Å². The van der Waals surface area contributed by atoms with Gasteiger partial charge in [0.15, 0.2) is 0 Å². The Morgan fingerprint density at radius 3 is 3.00 bits per heavy atom. The van der Waals surface area contributed by atoms with E-state index in [9.17, 15) is 4.79 Å². The monoisotopic (exact) mass is 230 g/mol. The lowest BCUT2D eigenvalue weighted by molar-refractivity contribution is -0.131. The van der Waals surface area contributed by atoms with Crippen molar-refractivity contribution >= 4 is 11.6 Å². The molecule has 0 radical (unpaired) electrons. The van der Waals surface area contributed by atoms with Crippen LogP contribution in [0, 0.1) is 5.92 Å². The van der Waals surface area contributed by atoms with Crippen molar-refractivity contribution in [1.29, 1.82) is 0 Å². The van der Waals surface area contributed by atoms with Crippen molar-refractivity contribution in [2.75, 3.05) is 25.0 Å². The van der Waals surface area contributed by atoms with Gasteiger partial charge in [-0.05, 0) is 24.0 Å². The van der Waals surface area contributed by atoms with E-state index in [2.05, 4.69) is 24.4 Å². The fourth-order valence-electron chi connectivity index (χ4n) is 2.86. The minimum atomic E-state index is 0.0245. The molecule has 2 atom stereocenters. The molecular weight excluding hydrogens is 212 g/mol. The van der Waals surface area contributed by atoms with Crippen LogP contribution in [-0.4, -0.2) is 30.4 Å². The van der Waals surface area contributed by atoms with Gasteiger partial charge in [-0.15, -0.1) is 0 Å². The van der Waals surface area contributed by atoms with Gasteiger partial charge < -0.3 is 10.2 Å². The number of carbonyl (C=O) groups is 1. The highest BCUT2D eigenvalue weighted by molar-refractivity contribution is 5.88. The number of rotatable bonds is 1. The number of nitrogens with zero attached hydrogens (tertiary/aromatic N) is 1. The summed E-state index contributed by atoms with van der Waals surface area (Å²) >= 11 is 0. The molecule has 1 amide bonds. The number of fused-ring (bicyclic) bond motifs is 1. The zero-order valence-electron chi connectivity index (χ0n) is 10.1. The first-order valence-corrected chi connectivity index (χ1v) is 6.37. The highest BCUT2D eigenvalue weighted by Crippen LogP contribution is 2.33. The topological polar surface area (TPSA) is 32.3 Å². The van der Waals surface area contributed by atoms with Crippen LogP contribution in [0.4, 0.5) is 5.69 Å². The SMILES string of the molecule is CC1CCN(C(=O)C2CNc3ccccc32)C1. The van der Waals surface area contributed by atoms with Crippen LogP contribution in [0.5, 0.6) is 0 Å². The Morgan fingerprint density at radius 2 is 2.24 bits per heavy atom. The maximum absolute atomic E-state index is 12.4. The van der Waals surface area contributed by atoms with E-state index in [0.717, 1.165) is 37.3 Å². The summed E-state index contributed by atoms with van der Waals surface area (Å²) in [5, 5.41) is 3.32. The maximum atomic E-state index is 12.4. The zero-order valence-corrected chi connectivity index (χ0v) is 10.1. The third-order valence-electron chi connectivity index (χ3n) is 3.87. The summed E-state index contributed by atoms with van der Waals surface area (Å²) in [7, 11) is 0. The molecule has 1 fully saturated rings. The smallest absolute Gasteiger partial charge is 0.231 e. The Morgan fingerprint density at radius 1 is 1.41 bits per heavy atom. The first-order chi connectivity index (χ1) is 8.25. The average Bonchev–Trinajstić information content (AvgIpc) is 2.94. The summed E-state index contributed by atoms with van der Waals surface area (Å²) in [6.07, 6.45) is 1.15. The maximum Gasteiger partial charge on any atom is 0.231 e. The van der Waals surface area contributed by atoms with Crippen LogP contribution in [-0.2, 0) is 4.79 Å². The van der Waals surface area contributed by atoms with Gasteiger partial charge in [0.25, 0.3) is 0 Å². The lowest BCUT2D eigenvalue weighted by atomic mass is 10.00. The molecule has 90 valence electrons. The number of hydrogen-bond acceptors (Lipinski definition) is 2. The molecule has 1 aromatic rings. The summed E-state index contributed by atoms with van der Waals surface area (Å²) in [6, 6.07) is 8.14. The predicted octanol–water partition coefficient (Wildman–Crippen LogP) is 2.06. The second-order valence-electron chi connectivity index (χ2n) is 5.20. The lowest BCUT2D eigenvalue weighted by Gasteiger charge is -2.20. The number of para-hydroxylation sites is 1. The van der Waals surface area contributed by atoms with E-state index in [1.165, 1.54) is 0 Å². The quantitative estimate of drug-likeness (QED) is 0.801. The van der Waals surface area contributed by atoms with Gasteiger partial charge in [0, 0.05) is 25.3 Å². The Kier molecular flexibility index (Phi) is 2.54. The molecule has 0 spiro atoms. The predicted molar refractivity (Wildman–Crippen MR) is 68.0 cm³/mol. The highest BCUT2D eigenvalue weighted by Gasteiger charge is 2.33. The van der Waals surface area contributed by atoms with E-state index in [0.29, 0.717) is 11.8 Å². The summed E-state index contributed by atoms with van der Waals surface area (Å²) in [6.45, 7) is 4.83. The molecule has 3 heteroatoms. The zero-order chi connectivity index (χ0) is 11.8. The van der Waals surface area contributed by atoms with E-state index >= 15 is 0 Å². The first kappa shape index (κ1) is 10.6. The third kappa shape index (κ3) is 1.79. The van der Waals surface area contributed by atoms with Gasteiger partial charge in [0.1, 0.15) is 0 Å². The Hall–Kier alpha value is -1.51. The number of anilines is 1. The van der Waals surface area contributed by atoms with Crippen LogP contribution >= 0.6 is 0 Å². The Labute approximate surface area is 102 Å². The summed E-state index contributed by atoms with van der Waals surface area (Å²) < 4.78 is 0. The van der Waals surface area contributed by atoms with E-state index in [1.807, 2.05) is 17.0 Å². The number of carbonyl (C=O) groups excluding carboxylic acids is 1. The Balaban J connectivity index is 1.80. The van der Waals surface area contributed by atoms with Gasteiger partial charge in [-0.25, -0.2) is 0 Å². The number of benzene rings is 1. The molecule has 0 saturated carbocycles. The average molecular weight is 230 g/mol. The molecule has 3 rings (SSSR count). The van der Waals surface area contributed by atoms with Crippen LogP contribution < -0.4 is 5.32 Å². The molecule has 2 aliphatic rings. The van der Waals surface area contributed by atoms with Crippen molar-refractivity contribution < 1.29 is 4.79 Å². The van der Waals surface area contributed by atoms with Gasteiger partial charge in [0.05, 0.1) is 5.92 Å². The van der Waals surface area contributed by atoms with Gasteiger partial charge in [0.2, 0.25) is 5.91 Å². The highest BCUT2D eigenvalue weighted by atomic mass is 16.2. The number of nitrogens with one attached hydrogen (secondary N) is 1. The molecule has 2 unspecified atom stereocenters. The minimum Gasteiger partial charge on any atom is -0.384 e. The van der Waals surface area contributed by atoms with Gasteiger partial charge in [-0.2, -0.15) is 0 Å². The van der Waals surface area contributed by atoms with Crippen LogP contribution in [0.15, 0.2) is 24.3 Å². The van der Waals surface area contributed by atoms with Crippen LogP contribution in [0.25, 0.3) is 0 Å². The molecule has 3 nitrogen and oxygen atoms in total. The van der Waals surface area contributed by atoms with Crippen LogP contribution in [0.2, 0.25) is 0 Å². The third-order valence-corrected chi connectivity index (χ3v) is 3.87. The largest absolute Gasteiger partial charge is 0.384 e. The molecule has 0 aliphatic carbocycles. The lowest BCUT2D eigenvalue weighted by Crippen LogP contribution is -2.34. The molecule has 17 heavy (non-hydrogen) atoms. The van der Waals surface area contributed by atoms with Crippen molar-refractivity contribution in [3.8, 4) is 0 Å². The molecule has 1 aromatic carbocycles. The van der Waals surface area contributed by atoms with E-state index in [1.54, 1.807) is 0 Å². The van der Waals surface area contributed by atoms with E-state index < -0.39 is 0 Å². The van der Waals surface area contributed by atoms with Crippen molar-refractivity contribution in [3.05, 3.63) is 29.8 Å². The van der Waals surface area contributed by atoms with Crippen molar-refractivity contribution in [3.63, 3.8) is 0 Å². The molecule has 1 N–H and O–H groups in total. The summed E-state index contributed by atoms with van der Waals surface area (Å²) in [4.78, 5) is 14.5. The molecule has 0 aromatic heterocycles. The molecule has 2 aliphatic heterocycles. The van der Waals surface area contributed by atoms with Crippen molar-refractivity contribution in [2.45, 2.75) is 19.3 Å². The summed E-state index contributed by atoms with van der Waals surface area (Å²) in [5.74, 6) is 0.979. The second-order valence-corrected chi connectivity index (χ2v) is 5.20. The fraction of sp³-hybridized carbons (Fsp3) is 0.500. The normalized spacial score (nSPS) is 26.8. The van der Waals surface area contributed by atoms with Crippen molar-refractivity contribution in [1.82, 2.24) is 4.90 Å². The molecule has 1 saturated heterocycles. The first-order valence-electron chi connectivity index (χ1n) is 6.37. The van der Waals surface area contributed by atoms with Crippen LogP contribution in [0.3, 0.4) is 0 Å². The Bertz CT molecular complexity index is 444. The van der Waals surface area contributed by atoms with Gasteiger partial charge in [-0.3, -0.25) is 4.79 Å². The molecular formula is C14H18N2O. The number of hydrogen-bond donors (Lipinski definition) is 1. The summed E-state index contributed by atoms with van der Waals surface area (Å²) in [5.41, 5.74) is 2.29. The van der Waals surface area contributed by atoms with E-state index in [4.69, 9.17) is 0 Å². The van der Waals surface area contributed by atoms with Crippen LogP contribution in [0.1, 0.15) is 24.8 Å². The molecule has 0 bridgehead atoms. The number of amides is 1. The van der Waals surface area contributed by atoms with Gasteiger partial charge in [-0.1, -0.05) is 25.1 Å². The number of likely N-dealkylation sites (tertiary alicyclic amines) is 1. The fourth-order valence-corrected chi connectivity index (χ4v) is 2.86. The molecule has 2 heterocycles.